The van der Waals surface area contributed by atoms with Crippen LogP contribution in [0.2, 0.25) is 0 Å². The summed E-state index contributed by atoms with van der Waals surface area (Å²) in [7, 11) is 0. The lowest BCUT2D eigenvalue weighted by Gasteiger charge is -2.34. The first kappa shape index (κ1) is 45.0. The van der Waals surface area contributed by atoms with Crippen molar-refractivity contribution < 1.29 is 0 Å². The number of hydrogen-bond donors (Lipinski definition) is 1. The lowest BCUT2D eigenvalue weighted by molar-refractivity contribution is 0.589. The van der Waals surface area contributed by atoms with Crippen molar-refractivity contribution >= 4 is 44.3 Å². The number of allylic oxidation sites excluding steroid dienone is 2. The van der Waals surface area contributed by atoms with Crippen LogP contribution in [0.1, 0.15) is 156 Å². The van der Waals surface area contributed by atoms with Crippen LogP contribution >= 0.6 is 0 Å². The molecule has 6 aromatic rings. The maximum atomic E-state index is 4.30. The molecule has 0 spiro atoms. The van der Waals surface area contributed by atoms with Crippen molar-refractivity contribution in [2.75, 3.05) is 10.2 Å². The van der Waals surface area contributed by atoms with Gasteiger partial charge in [0.25, 0.3) is 0 Å². The van der Waals surface area contributed by atoms with Gasteiger partial charge in [-0.05, 0) is 109 Å². The number of hydrogen-bond acceptors (Lipinski definition) is 2. The minimum Gasteiger partial charge on any atom is -0.377 e. The van der Waals surface area contributed by atoms with E-state index in [-0.39, 0.29) is 33.6 Å². The van der Waals surface area contributed by atoms with E-state index in [1.165, 1.54) is 71.9 Å². The van der Waals surface area contributed by atoms with E-state index in [9.17, 15) is 0 Å². The second-order valence-electron chi connectivity index (χ2n) is 22.9. The Hall–Kier alpha value is -5.08. The number of benzene rings is 6. The zero-order chi connectivity index (χ0) is 45.1. The van der Waals surface area contributed by atoms with Crippen LogP contribution in [0.15, 0.2) is 133 Å². The Labute approximate surface area is 375 Å². The number of nitrogens with one attached hydrogen (secondary N) is 1. The van der Waals surface area contributed by atoms with Gasteiger partial charge in [0.1, 0.15) is 0 Å². The molecule has 0 bridgehead atoms. The number of anilines is 4. The summed E-state index contributed by atoms with van der Waals surface area (Å²) >= 11 is 0. The van der Waals surface area contributed by atoms with Crippen molar-refractivity contribution in [2.45, 2.75) is 150 Å². The van der Waals surface area contributed by atoms with E-state index in [4.69, 9.17) is 0 Å². The van der Waals surface area contributed by atoms with E-state index in [1.54, 1.807) is 0 Å². The van der Waals surface area contributed by atoms with E-state index >= 15 is 0 Å². The molecule has 7 rings (SSSR count). The standard InChI is InChI=1S/C60H74N2/c1-38(2)40-19-28-47(29-20-40)62(48-30-24-44(25-31-48)58(8,9)10)56-50-33-27-45(59(11,12)13)36-52(50)55(49-32-26-46(37-53(49)56)60(14,15)16)61-54-34-21-42(39(3)4)35-51(54)41-17-22-43(23-18-41)57(5,6)7/h17-39,51,54,61H,1-16H3. The zero-order valence-corrected chi connectivity index (χ0v) is 40.9. The third-order valence-electron chi connectivity index (χ3n) is 13.2. The van der Waals surface area contributed by atoms with Gasteiger partial charge >= 0.3 is 0 Å². The second-order valence-corrected chi connectivity index (χ2v) is 22.9. The van der Waals surface area contributed by atoms with Crippen molar-refractivity contribution in [3.05, 3.63) is 166 Å². The number of rotatable bonds is 8. The molecule has 0 saturated heterocycles. The molecule has 0 amide bonds. The maximum Gasteiger partial charge on any atom is 0.0620 e. The molecule has 0 heterocycles. The average molecular weight is 823 g/mol. The lowest BCUT2D eigenvalue weighted by atomic mass is 9.80. The fourth-order valence-corrected chi connectivity index (χ4v) is 8.96. The van der Waals surface area contributed by atoms with Crippen molar-refractivity contribution in [1.82, 2.24) is 0 Å². The highest BCUT2D eigenvalue weighted by Gasteiger charge is 2.30. The van der Waals surface area contributed by atoms with E-state index in [0.717, 1.165) is 11.4 Å². The third-order valence-corrected chi connectivity index (χ3v) is 13.2. The molecule has 0 radical (unpaired) electrons. The molecule has 62 heavy (non-hydrogen) atoms. The minimum absolute atomic E-state index is 0.0389. The van der Waals surface area contributed by atoms with E-state index in [1.807, 2.05) is 0 Å². The summed E-state index contributed by atoms with van der Waals surface area (Å²) in [6.07, 6.45) is 7.32. The molecule has 0 aliphatic heterocycles. The highest BCUT2D eigenvalue weighted by atomic mass is 15.1. The summed E-state index contributed by atoms with van der Waals surface area (Å²) in [4.78, 5) is 2.53. The van der Waals surface area contributed by atoms with Crippen molar-refractivity contribution in [2.24, 2.45) is 5.92 Å². The summed E-state index contributed by atoms with van der Waals surface area (Å²) in [5.74, 6) is 1.04. The summed E-state index contributed by atoms with van der Waals surface area (Å²) in [6.45, 7) is 36.9. The molecule has 0 aromatic heterocycles. The normalized spacial score (nSPS) is 16.4. The minimum atomic E-state index is -0.0450. The first-order chi connectivity index (χ1) is 28.9. The second kappa shape index (κ2) is 16.6. The van der Waals surface area contributed by atoms with Crippen LogP contribution in [0.4, 0.5) is 22.7 Å². The van der Waals surface area contributed by atoms with Gasteiger partial charge in [-0.1, -0.05) is 202 Å². The van der Waals surface area contributed by atoms with Gasteiger partial charge in [-0.2, -0.15) is 0 Å². The van der Waals surface area contributed by atoms with Gasteiger partial charge in [0, 0.05) is 38.8 Å². The Bertz CT molecular complexity index is 2600. The molecule has 1 aliphatic rings. The van der Waals surface area contributed by atoms with Crippen LogP contribution in [0.5, 0.6) is 0 Å². The molecule has 1 aliphatic carbocycles. The summed E-state index contributed by atoms with van der Waals surface area (Å²) in [5.41, 5.74) is 14.2. The van der Waals surface area contributed by atoms with Crippen LogP contribution in [0.3, 0.4) is 0 Å². The van der Waals surface area contributed by atoms with Crippen molar-refractivity contribution in [3.63, 3.8) is 0 Å². The van der Waals surface area contributed by atoms with Crippen molar-refractivity contribution in [3.8, 4) is 0 Å². The fraction of sp³-hybridized carbons (Fsp3) is 0.400. The number of fused-ring (bicyclic) bond motifs is 2. The van der Waals surface area contributed by atoms with Gasteiger partial charge in [-0.3, -0.25) is 0 Å². The fourth-order valence-electron chi connectivity index (χ4n) is 8.96. The summed E-state index contributed by atoms with van der Waals surface area (Å²) < 4.78 is 0. The van der Waals surface area contributed by atoms with Crippen LogP contribution in [-0.2, 0) is 21.7 Å². The molecule has 2 nitrogen and oxygen atoms in total. The Kier molecular flexibility index (Phi) is 12.0. The van der Waals surface area contributed by atoms with Gasteiger partial charge in [-0.25, -0.2) is 0 Å². The van der Waals surface area contributed by atoms with Crippen molar-refractivity contribution in [1.29, 1.82) is 0 Å². The average Bonchev–Trinajstić information content (AvgIpc) is 3.20. The Morgan fingerprint density at radius 3 is 1.40 bits per heavy atom. The molecule has 2 unspecified atom stereocenters. The molecule has 0 saturated carbocycles. The van der Waals surface area contributed by atoms with Crippen LogP contribution < -0.4 is 10.2 Å². The predicted molar refractivity (Wildman–Crippen MR) is 274 cm³/mol. The largest absolute Gasteiger partial charge is 0.377 e. The SMILES string of the molecule is CC(C)C1=CC(c2ccc(C(C)(C)C)cc2)C(Nc2c3cc(C(C)(C)C)ccc3c(N(c3ccc(C(C)C)cc3)c3ccc(C(C)(C)C)cc3)c3cc(C(C)(C)C)ccc23)C=C1. The van der Waals surface area contributed by atoms with E-state index < -0.39 is 0 Å². The lowest BCUT2D eigenvalue weighted by Crippen LogP contribution is -2.28. The predicted octanol–water partition coefficient (Wildman–Crippen LogP) is 17.5. The molecule has 6 aromatic carbocycles. The quantitative estimate of drug-likeness (QED) is 0.122. The van der Waals surface area contributed by atoms with E-state index in [0.29, 0.717) is 11.8 Å². The van der Waals surface area contributed by atoms with Gasteiger partial charge in [0.15, 0.2) is 0 Å². The molecule has 0 fully saturated rings. The monoisotopic (exact) mass is 823 g/mol. The molecule has 2 heteroatoms. The number of nitrogens with zero attached hydrogens (tertiary/aromatic N) is 1. The molecular formula is C60H74N2. The summed E-state index contributed by atoms with van der Waals surface area (Å²) in [6, 6.07) is 42.6. The highest BCUT2D eigenvalue weighted by molar-refractivity contribution is 6.22. The van der Waals surface area contributed by atoms with E-state index in [2.05, 4.69) is 248 Å². The topological polar surface area (TPSA) is 15.3 Å². The van der Waals surface area contributed by atoms with Crippen LogP contribution in [-0.4, -0.2) is 6.04 Å². The van der Waals surface area contributed by atoms with Crippen LogP contribution in [0, 0.1) is 5.92 Å². The maximum absolute atomic E-state index is 4.30. The van der Waals surface area contributed by atoms with Gasteiger partial charge in [0.05, 0.1) is 17.4 Å². The first-order valence-corrected chi connectivity index (χ1v) is 23.2. The molecule has 2 atom stereocenters. The Morgan fingerprint density at radius 1 is 0.468 bits per heavy atom. The smallest absolute Gasteiger partial charge is 0.0620 e. The van der Waals surface area contributed by atoms with Gasteiger partial charge < -0.3 is 10.2 Å². The van der Waals surface area contributed by atoms with Gasteiger partial charge in [0.2, 0.25) is 0 Å². The zero-order valence-electron chi connectivity index (χ0n) is 40.9. The van der Waals surface area contributed by atoms with Gasteiger partial charge in [-0.15, -0.1) is 0 Å². The Balaban J connectivity index is 1.55. The Morgan fingerprint density at radius 2 is 0.919 bits per heavy atom. The highest BCUT2D eigenvalue weighted by Crippen LogP contribution is 2.50. The van der Waals surface area contributed by atoms with Crippen LogP contribution in [0.25, 0.3) is 21.5 Å². The first-order valence-electron chi connectivity index (χ1n) is 23.2. The third kappa shape index (κ3) is 9.18. The summed E-state index contributed by atoms with van der Waals surface area (Å²) in [5, 5.41) is 9.25. The molecular weight excluding hydrogens is 749 g/mol. The molecule has 1 N–H and O–H groups in total. The molecule has 324 valence electrons.